The fourth-order valence-electron chi connectivity index (χ4n) is 1.85. The number of para-hydroxylation sites is 1. The van der Waals surface area contributed by atoms with E-state index in [2.05, 4.69) is 0 Å². The summed E-state index contributed by atoms with van der Waals surface area (Å²) in [5, 5.41) is 10.0. The lowest BCUT2D eigenvalue weighted by Gasteiger charge is -2.12. The van der Waals surface area contributed by atoms with E-state index in [0.717, 1.165) is 16.9 Å². The minimum Gasteiger partial charge on any atom is -0.493 e. The van der Waals surface area contributed by atoms with Gasteiger partial charge in [-0.05, 0) is 24.6 Å². The molecule has 2 aromatic rings. The number of hydrogen-bond acceptors (Lipinski definition) is 2. The van der Waals surface area contributed by atoms with E-state index in [1.165, 1.54) is 0 Å². The first kappa shape index (κ1) is 12.7. The molecule has 0 saturated carbocycles. The van der Waals surface area contributed by atoms with Crippen molar-refractivity contribution in [3.63, 3.8) is 0 Å². The predicted octanol–water partition coefficient (Wildman–Crippen LogP) is 3.50. The number of hydrogen-bond donors (Lipinski definition) is 1. The average molecular weight is 242 g/mol. The summed E-state index contributed by atoms with van der Waals surface area (Å²) < 4.78 is 5.57. The van der Waals surface area contributed by atoms with Crippen molar-refractivity contribution >= 4 is 0 Å². The molecule has 1 atom stereocenters. The van der Waals surface area contributed by atoms with Gasteiger partial charge in [-0.3, -0.25) is 0 Å². The number of aliphatic hydroxyl groups excluding tert-OH is 1. The van der Waals surface area contributed by atoms with Crippen LogP contribution in [0.3, 0.4) is 0 Å². The average Bonchev–Trinajstić information content (AvgIpc) is 2.40. The Morgan fingerprint density at radius 3 is 2.56 bits per heavy atom. The maximum atomic E-state index is 10.0. The zero-order valence-electron chi connectivity index (χ0n) is 10.5. The molecule has 2 nitrogen and oxygen atoms in total. The molecule has 0 saturated heterocycles. The van der Waals surface area contributed by atoms with E-state index >= 15 is 0 Å². The molecule has 0 aromatic heterocycles. The normalized spacial score (nSPS) is 12.1. The highest BCUT2D eigenvalue weighted by atomic mass is 16.5. The molecule has 18 heavy (non-hydrogen) atoms. The summed E-state index contributed by atoms with van der Waals surface area (Å²) in [7, 11) is 0. The van der Waals surface area contributed by atoms with Crippen molar-refractivity contribution < 1.29 is 9.84 Å². The minimum atomic E-state index is -0.464. The van der Waals surface area contributed by atoms with Crippen LogP contribution in [0.15, 0.2) is 54.6 Å². The third-order valence-corrected chi connectivity index (χ3v) is 2.83. The lowest BCUT2D eigenvalue weighted by atomic mass is 10.0. The van der Waals surface area contributed by atoms with Crippen LogP contribution in [0.5, 0.6) is 5.75 Å². The van der Waals surface area contributed by atoms with Crippen molar-refractivity contribution in [1.82, 2.24) is 0 Å². The smallest absolute Gasteiger partial charge is 0.119 e. The maximum absolute atomic E-state index is 10.0. The summed E-state index contributed by atoms with van der Waals surface area (Å²) in [6.07, 6.45) is 0.131. The van der Waals surface area contributed by atoms with E-state index in [1.54, 1.807) is 0 Å². The highest BCUT2D eigenvalue weighted by Gasteiger charge is 2.07. The van der Waals surface area contributed by atoms with Crippen LogP contribution in [0, 0.1) is 6.92 Å². The molecule has 0 aliphatic rings. The van der Waals surface area contributed by atoms with Crippen LogP contribution in [0.1, 0.15) is 23.7 Å². The molecule has 0 aliphatic heterocycles. The number of ether oxygens (including phenoxy) is 1. The van der Waals surface area contributed by atoms with Gasteiger partial charge in [0.2, 0.25) is 0 Å². The Morgan fingerprint density at radius 1 is 1.06 bits per heavy atom. The molecule has 0 bridgehead atoms. The van der Waals surface area contributed by atoms with Gasteiger partial charge in [0.25, 0.3) is 0 Å². The van der Waals surface area contributed by atoms with Gasteiger partial charge in [0.1, 0.15) is 5.75 Å². The Balaban J connectivity index is 1.83. The van der Waals surface area contributed by atoms with E-state index in [4.69, 9.17) is 4.74 Å². The Kier molecular flexibility index (Phi) is 4.37. The molecule has 2 heteroatoms. The van der Waals surface area contributed by atoms with Crippen LogP contribution in [0.2, 0.25) is 0 Å². The highest BCUT2D eigenvalue weighted by molar-refractivity contribution is 5.24. The van der Waals surface area contributed by atoms with Crippen LogP contribution < -0.4 is 4.74 Å². The van der Waals surface area contributed by atoms with Crippen molar-refractivity contribution in [3.8, 4) is 5.75 Å². The summed E-state index contributed by atoms with van der Waals surface area (Å²) >= 11 is 0. The van der Waals surface area contributed by atoms with Crippen molar-refractivity contribution in [2.75, 3.05) is 6.61 Å². The summed E-state index contributed by atoms with van der Waals surface area (Å²) in [6, 6.07) is 17.6. The van der Waals surface area contributed by atoms with Crippen molar-refractivity contribution in [2.24, 2.45) is 0 Å². The van der Waals surface area contributed by atoms with Crippen LogP contribution in [0.25, 0.3) is 0 Å². The maximum Gasteiger partial charge on any atom is 0.119 e. The fourth-order valence-corrected chi connectivity index (χ4v) is 1.85. The molecular weight excluding hydrogens is 224 g/mol. The molecule has 0 heterocycles. The van der Waals surface area contributed by atoms with Gasteiger partial charge in [0, 0.05) is 6.42 Å². The number of rotatable bonds is 5. The molecule has 2 aromatic carbocycles. The number of aryl methyl sites for hydroxylation is 1. The lowest BCUT2D eigenvalue weighted by molar-refractivity contribution is 0.140. The molecule has 1 unspecified atom stereocenters. The molecule has 0 amide bonds. The summed E-state index contributed by atoms with van der Waals surface area (Å²) in [5.41, 5.74) is 2.11. The first-order chi connectivity index (χ1) is 8.75. The van der Waals surface area contributed by atoms with E-state index in [9.17, 15) is 5.11 Å². The van der Waals surface area contributed by atoms with Crippen LogP contribution in [-0.2, 0) is 0 Å². The molecule has 94 valence electrons. The molecule has 2 rings (SSSR count). The highest BCUT2D eigenvalue weighted by Crippen LogP contribution is 2.18. The Labute approximate surface area is 108 Å². The van der Waals surface area contributed by atoms with Gasteiger partial charge in [-0.1, -0.05) is 48.0 Å². The van der Waals surface area contributed by atoms with Crippen molar-refractivity contribution in [1.29, 1.82) is 0 Å². The number of benzene rings is 2. The first-order valence-corrected chi connectivity index (χ1v) is 6.18. The van der Waals surface area contributed by atoms with Crippen LogP contribution in [-0.4, -0.2) is 11.7 Å². The quantitative estimate of drug-likeness (QED) is 0.869. The third kappa shape index (κ3) is 3.60. The van der Waals surface area contributed by atoms with Crippen molar-refractivity contribution in [2.45, 2.75) is 19.4 Å². The molecule has 0 spiro atoms. The Hall–Kier alpha value is -1.80. The predicted molar refractivity (Wildman–Crippen MR) is 72.7 cm³/mol. The summed E-state index contributed by atoms with van der Waals surface area (Å²) in [6.45, 7) is 2.54. The summed E-state index contributed by atoms with van der Waals surface area (Å²) in [4.78, 5) is 0. The molecular formula is C16H18O2. The van der Waals surface area contributed by atoms with E-state index < -0.39 is 6.10 Å². The standard InChI is InChI=1S/C16H18O2/c1-13-6-5-7-14(12-13)16(17)10-11-18-15-8-3-2-4-9-15/h2-9,12,16-17H,10-11H2,1H3. The zero-order chi connectivity index (χ0) is 12.8. The molecule has 0 radical (unpaired) electrons. The first-order valence-electron chi connectivity index (χ1n) is 6.18. The Morgan fingerprint density at radius 2 is 1.83 bits per heavy atom. The zero-order valence-corrected chi connectivity index (χ0v) is 10.5. The fraction of sp³-hybridized carbons (Fsp3) is 0.250. The second-order valence-corrected chi connectivity index (χ2v) is 4.38. The molecule has 0 aliphatic carbocycles. The molecule has 1 N–H and O–H groups in total. The van der Waals surface area contributed by atoms with Gasteiger partial charge in [0.05, 0.1) is 12.7 Å². The Bertz CT molecular complexity index is 479. The van der Waals surface area contributed by atoms with Gasteiger partial charge < -0.3 is 9.84 Å². The van der Waals surface area contributed by atoms with Crippen LogP contribution in [0.4, 0.5) is 0 Å². The van der Waals surface area contributed by atoms with Gasteiger partial charge >= 0.3 is 0 Å². The number of aliphatic hydroxyl groups is 1. The van der Waals surface area contributed by atoms with Gasteiger partial charge in [-0.15, -0.1) is 0 Å². The third-order valence-electron chi connectivity index (χ3n) is 2.83. The van der Waals surface area contributed by atoms with Gasteiger partial charge in [0.15, 0.2) is 0 Å². The lowest BCUT2D eigenvalue weighted by Crippen LogP contribution is -2.05. The van der Waals surface area contributed by atoms with Crippen LogP contribution >= 0.6 is 0 Å². The van der Waals surface area contributed by atoms with E-state index in [1.807, 2.05) is 61.5 Å². The topological polar surface area (TPSA) is 29.5 Å². The van der Waals surface area contributed by atoms with E-state index in [0.29, 0.717) is 13.0 Å². The molecule has 0 fully saturated rings. The largest absolute Gasteiger partial charge is 0.493 e. The van der Waals surface area contributed by atoms with Gasteiger partial charge in [-0.2, -0.15) is 0 Å². The van der Waals surface area contributed by atoms with Gasteiger partial charge in [-0.25, -0.2) is 0 Å². The monoisotopic (exact) mass is 242 g/mol. The SMILES string of the molecule is Cc1cccc(C(O)CCOc2ccccc2)c1. The second kappa shape index (κ2) is 6.22. The summed E-state index contributed by atoms with van der Waals surface area (Å²) in [5.74, 6) is 0.842. The van der Waals surface area contributed by atoms with E-state index in [-0.39, 0.29) is 0 Å². The van der Waals surface area contributed by atoms with Crippen molar-refractivity contribution in [3.05, 3.63) is 65.7 Å². The minimum absolute atomic E-state index is 0.464. The second-order valence-electron chi connectivity index (χ2n) is 4.38.